The molecule has 5 N–H and O–H groups in total. The number of carbonyl (C=O) groups is 3. The number of carboxylic acids is 1. The third-order valence-electron chi connectivity index (χ3n) is 13.6. The lowest BCUT2D eigenvalue weighted by molar-refractivity contribution is -0.193. The average molecular weight is 679 g/mol. The van der Waals surface area contributed by atoms with Gasteiger partial charge in [-0.25, -0.2) is 0 Å². The van der Waals surface area contributed by atoms with E-state index < -0.39 is 30.1 Å². The predicted octanol–water partition coefficient (Wildman–Crippen LogP) is 2.13. The molecule has 6 aliphatic rings. The molecule has 1 heterocycles. The number of aliphatic hydroxyl groups excluding tert-OH is 2. The summed E-state index contributed by atoms with van der Waals surface area (Å²) >= 11 is 0. The summed E-state index contributed by atoms with van der Waals surface area (Å²) in [7, 11) is 5.79. The van der Waals surface area contributed by atoms with Gasteiger partial charge >= 0.3 is 5.97 Å². The summed E-state index contributed by atoms with van der Waals surface area (Å²) in [4.78, 5) is 46.9. The molecule has 0 aromatic rings. The minimum atomic E-state index is -1.05. The van der Waals surface area contributed by atoms with Crippen LogP contribution < -0.4 is 10.6 Å². The number of aliphatic carboxylic acids is 1. The molecule has 6 fully saturated rings. The van der Waals surface area contributed by atoms with Crippen molar-refractivity contribution in [3.8, 4) is 0 Å². The van der Waals surface area contributed by atoms with Crippen molar-refractivity contribution in [2.45, 2.75) is 115 Å². The number of nitrogens with one attached hydrogen (secondary N) is 2. The van der Waals surface area contributed by atoms with E-state index in [4.69, 9.17) is 14.7 Å². The van der Waals surface area contributed by atoms with Crippen molar-refractivity contribution in [2.75, 3.05) is 40.9 Å². The first-order valence-electron chi connectivity index (χ1n) is 18.4. The Hall–Kier alpha value is -1.83. The topological polar surface area (TPSA) is 161 Å². The average Bonchev–Trinajstić information content (AvgIpc) is 3.42. The van der Waals surface area contributed by atoms with Crippen LogP contribution in [0.15, 0.2) is 0 Å². The maximum atomic E-state index is 14.2. The van der Waals surface area contributed by atoms with Gasteiger partial charge in [0.25, 0.3) is 0 Å². The summed E-state index contributed by atoms with van der Waals surface area (Å²) in [6, 6.07) is -0.483. The van der Waals surface area contributed by atoms with Crippen molar-refractivity contribution in [1.82, 2.24) is 20.6 Å². The molecule has 0 radical (unpaired) electrons. The molecule has 274 valence electrons. The first kappa shape index (κ1) is 37.4. The lowest BCUT2D eigenvalue weighted by Crippen LogP contribution is -2.62. The van der Waals surface area contributed by atoms with Gasteiger partial charge in [0.05, 0.1) is 18.8 Å². The minimum absolute atomic E-state index is 0.0391. The van der Waals surface area contributed by atoms with Crippen LogP contribution in [0.25, 0.3) is 0 Å². The number of methoxy groups -OCH3 is 1. The fraction of sp³-hybridized carbons (Fsp3) is 0.917. The molecule has 5 aliphatic carbocycles. The normalized spacial score (nSPS) is 41.8. The van der Waals surface area contributed by atoms with Crippen LogP contribution in [0, 0.1) is 52.8 Å². The predicted molar refractivity (Wildman–Crippen MR) is 179 cm³/mol. The smallest absolute Gasteiger partial charge is 0.322 e. The Morgan fingerprint density at radius 1 is 1.08 bits per heavy atom. The van der Waals surface area contributed by atoms with Crippen LogP contribution in [0.3, 0.4) is 0 Å². The van der Waals surface area contributed by atoms with E-state index in [1.165, 1.54) is 6.42 Å². The molecule has 14 atom stereocenters. The van der Waals surface area contributed by atoms with E-state index in [9.17, 15) is 24.6 Å². The molecule has 6 unspecified atom stereocenters. The molecule has 1 saturated heterocycles. The third-order valence-corrected chi connectivity index (χ3v) is 13.6. The van der Waals surface area contributed by atoms with Gasteiger partial charge in [-0.2, -0.15) is 5.06 Å². The van der Waals surface area contributed by atoms with Crippen LogP contribution in [0.4, 0.5) is 0 Å². The van der Waals surface area contributed by atoms with E-state index in [1.54, 1.807) is 19.1 Å². The van der Waals surface area contributed by atoms with E-state index in [1.807, 2.05) is 14.1 Å². The SMILES string of the molecule is COC1C(CN2O[C@@H](CO)[C@H]([C@H](C)O)[C@H]2C(=O)N[C@H]2C[C@H]3C[C@@H]([C@@H]2C)C3(C)C)CCCC1C1CC(C(=O)NCC(=O)O)CC(N(C)C)C1. The molecule has 48 heavy (non-hydrogen) atoms. The van der Waals surface area contributed by atoms with Crippen LogP contribution >= 0.6 is 0 Å². The number of rotatable bonds is 12. The van der Waals surface area contributed by atoms with Crippen LogP contribution in [-0.2, 0) is 24.0 Å². The molecule has 12 heteroatoms. The number of carbonyl (C=O) groups excluding carboxylic acids is 2. The second-order valence-corrected chi connectivity index (χ2v) is 16.7. The molecule has 0 aromatic heterocycles. The monoisotopic (exact) mass is 678 g/mol. The standard InChI is InChI=1S/C36H62N4O8/c1-19-27-14-24(36(27,3)4)15-28(19)38-35(46)32-31(20(2)42)29(18-41)48-40(32)17-21-9-8-10-26(33(21)47-7)22-11-23(13-25(12-22)39(5)6)34(45)37-16-30(43)44/h19-29,31-33,41-42H,8-18H2,1-7H3,(H,37,45)(H,38,46)(H,43,44)/t19-,20-,21?,22?,23?,24+,25?,26?,27-,28-,29-,31-,32-,33?/m0/s1. The lowest BCUT2D eigenvalue weighted by Gasteiger charge is -2.62. The molecule has 5 saturated carbocycles. The van der Waals surface area contributed by atoms with Crippen molar-refractivity contribution < 1.29 is 39.3 Å². The summed E-state index contributed by atoms with van der Waals surface area (Å²) in [6.07, 6.45) is 5.58. The highest BCUT2D eigenvalue weighted by Crippen LogP contribution is 2.61. The highest BCUT2D eigenvalue weighted by molar-refractivity contribution is 5.83. The van der Waals surface area contributed by atoms with E-state index in [-0.39, 0.29) is 66.8 Å². The van der Waals surface area contributed by atoms with Crippen molar-refractivity contribution in [3.05, 3.63) is 0 Å². The number of fused-ring (bicyclic) bond motifs is 2. The Balaban J connectivity index is 1.32. The number of amides is 2. The number of hydrogen-bond acceptors (Lipinski definition) is 9. The highest BCUT2D eigenvalue weighted by atomic mass is 16.7. The van der Waals surface area contributed by atoms with E-state index in [2.05, 4.69) is 36.3 Å². The Labute approximate surface area is 286 Å². The molecule has 1 aliphatic heterocycles. The summed E-state index contributed by atoms with van der Waals surface area (Å²) in [5, 5.41) is 38.0. The number of hydroxylamine groups is 2. The molecule has 0 aromatic carbocycles. The van der Waals surface area contributed by atoms with Crippen LogP contribution in [0.1, 0.15) is 79.1 Å². The Morgan fingerprint density at radius 3 is 2.40 bits per heavy atom. The van der Waals surface area contributed by atoms with Crippen molar-refractivity contribution in [2.24, 2.45) is 52.8 Å². The largest absolute Gasteiger partial charge is 0.480 e. The zero-order valence-electron chi connectivity index (χ0n) is 30.1. The molecule has 12 nitrogen and oxygen atoms in total. The van der Waals surface area contributed by atoms with Gasteiger partial charge in [-0.05, 0) is 101 Å². The number of aliphatic hydroxyl groups is 2. The fourth-order valence-corrected chi connectivity index (χ4v) is 10.7. The number of ether oxygens (including phenoxy) is 1. The summed E-state index contributed by atoms with van der Waals surface area (Å²) in [6.45, 7) is 8.35. The third kappa shape index (κ3) is 7.44. The first-order chi connectivity index (χ1) is 22.7. The molecule has 0 spiro atoms. The van der Waals surface area contributed by atoms with E-state index >= 15 is 0 Å². The number of carboxylic acid groups (broad SMARTS) is 1. The van der Waals surface area contributed by atoms with Crippen LogP contribution in [0.2, 0.25) is 0 Å². The molecular weight excluding hydrogens is 616 g/mol. The number of nitrogens with zero attached hydrogens (tertiary/aromatic N) is 2. The van der Waals surface area contributed by atoms with E-state index in [0.717, 1.165) is 32.1 Å². The van der Waals surface area contributed by atoms with Gasteiger partial charge in [-0.1, -0.05) is 27.2 Å². The summed E-state index contributed by atoms with van der Waals surface area (Å²) in [5.74, 6) is -0.316. The first-order valence-corrected chi connectivity index (χ1v) is 18.4. The summed E-state index contributed by atoms with van der Waals surface area (Å²) in [5.41, 5.74) is 0.299. The quantitative estimate of drug-likeness (QED) is 0.207. The van der Waals surface area contributed by atoms with Crippen molar-refractivity contribution in [3.63, 3.8) is 0 Å². The molecule has 6 rings (SSSR count). The van der Waals surface area contributed by atoms with Gasteiger partial charge in [0.2, 0.25) is 11.8 Å². The maximum Gasteiger partial charge on any atom is 0.322 e. The summed E-state index contributed by atoms with van der Waals surface area (Å²) < 4.78 is 6.27. The second-order valence-electron chi connectivity index (χ2n) is 16.7. The zero-order valence-corrected chi connectivity index (χ0v) is 30.1. The van der Waals surface area contributed by atoms with Gasteiger partial charge in [0, 0.05) is 43.5 Å². The van der Waals surface area contributed by atoms with Crippen LogP contribution in [-0.4, -0.2) is 120 Å². The van der Waals surface area contributed by atoms with Gasteiger partial charge in [-0.3, -0.25) is 19.2 Å². The van der Waals surface area contributed by atoms with Crippen molar-refractivity contribution >= 4 is 17.8 Å². The maximum absolute atomic E-state index is 14.2. The Bertz CT molecular complexity index is 1150. The number of hydrogen-bond donors (Lipinski definition) is 5. The van der Waals surface area contributed by atoms with Crippen molar-refractivity contribution in [1.29, 1.82) is 0 Å². The second kappa shape index (κ2) is 15.2. The molecular formula is C36H62N4O8. The fourth-order valence-electron chi connectivity index (χ4n) is 10.7. The van der Waals surface area contributed by atoms with Crippen LogP contribution in [0.5, 0.6) is 0 Å². The van der Waals surface area contributed by atoms with Gasteiger partial charge < -0.3 is 35.6 Å². The van der Waals surface area contributed by atoms with Gasteiger partial charge in [0.1, 0.15) is 18.7 Å². The molecule has 2 amide bonds. The Kier molecular flexibility index (Phi) is 11.8. The van der Waals surface area contributed by atoms with Gasteiger partial charge in [-0.15, -0.1) is 0 Å². The van der Waals surface area contributed by atoms with Gasteiger partial charge in [0.15, 0.2) is 0 Å². The Morgan fingerprint density at radius 2 is 1.81 bits per heavy atom. The minimum Gasteiger partial charge on any atom is -0.480 e. The lowest BCUT2D eigenvalue weighted by atomic mass is 9.45. The zero-order chi connectivity index (χ0) is 35.1. The highest BCUT2D eigenvalue weighted by Gasteiger charge is 2.58. The van der Waals surface area contributed by atoms with E-state index in [0.29, 0.717) is 42.6 Å². The molecule has 2 bridgehead atoms.